The zero-order chi connectivity index (χ0) is 20.5. The lowest BCUT2D eigenvalue weighted by atomic mass is 9.85. The fourth-order valence-corrected chi connectivity index (χ4v) is 4.52. The van der Waals surface area contributed by atoms with Crippen LogP contribution in [0.15, 0.2) is 12.2 Å². The predicted octanol–water partition coefficient (Wildman–Crippen LogP) is 2.05. The van der Waals surface area contributed by atoms with Crippen molar-refractivity contribution in [3.05, 3.63) is 12.2 Å². The SMILES string of the molecule is CCCCOCCOCCOCCOCCCN1C(=O)[C@@H]2[C@H](C1=O)[C@H]1C=C[C@H]2C1. The number of hydrogen-bond acceptors (Lipinski definition) is 6. The van der Waals surface area contributed by atoms with Crippen molar-refractivity contribution in [3.63, 3.8) is 0 Å². The standard InChI is InChI=1S/C22H35NO6/c1-2-3-8-26-10-12-28-14-15-29-13-11-27-9-4-7-23-21(24)19-17-5-6-18(16-17)20(19)22(23)25/h5-6,17-20H,2-4,7-16H2,1H3/t17-,18-,19-,20+/m0/s1. The molecule has 4 atom stereocenters. The van der Waals surface area contributed by atoms with Gasteiger partial charge >= 0.3 is 0 Å². The molecule has 3 rings (SSSR count). The monoisotopic (exact) mass is 409 g/mol. The van der Waals surface area contributed by atoms with Gasteiger partial charge in [-0.05, 0) is 31.1 Å². The third-order valence-corrected chi connectivity index (χ3v) is 5.99. The van der Waals surface area contributed by atoms with Crippen molar-refractivity contribution >= 4 is 11.8 Å². The Morgan fingerprint density at radius 2 is 1.21 bits per heavy atom. The van der Waals surface area contributed by atoms with Gasteiger partial charge < -0.3 is 18.9 Å². The summed E-state index contributed by atoms with van der Waals surface area (Å²) in [6.07, 6.45) is 8.12. The molecule has 1 saturated carbocycles. The highest BCUT2D eigenvalue weighted by atomic mass is 16.6. The molecule has 7 heteroatoms. The maximum absolute atomic E-state index is 12.6. The third-order valence-electron chi connectivity index (χ3n) is 5.99. The summed E-state index contributed by atoms with van der Waals surface area (Å²) in [7, 11) is 0. The van der Waals surface area contributed by atoms with Crippen LogP contribution in [0.25, 0.3) is 0 Å². The molecular formula is C22H35NO6. The van der Waals surface area contributed by atoms with Crippen molar-refractivity contribution in [2.45, 2.75) is 32.6 Å². The van der Waals surface area contributed by atoms with Gasteiger partial charge in [0.15, 0.2) is 0 Å². The number of ether oxygens (including phenoxy) is 4. The Morgan fingerprint density at radius 3 is 1.69 bits per heavy atom. The van der Waals surface area contributed by atoms with E-state index < -0.39 is 0 Å². The van der Waals surface area contributed by atoms with Crippen LogP contribution in [0.2, 0.25) is 0 Å². The maximum atomic E-state index is 12.6. The number of likely N-dealkylation sites (tertiary alicyclic amines) is 1. The summed E-state index contributed by atoms with van der Waals surface area (Å²) in [6.45, 7) is 7.24. The Balaban J connectivity index is 1.13. The van der Waals surface area contributed by atoms with Gasteiger partial charge in [-0.15, -0.1) is 0 Å². The molecule has 0 unspecified atom stereocenters. The third kappa shape index (κ3) is 5.87. The number of rotatable bonds is 16. The Morgan fingerprint density at radius 1 is 0.759 bits per heavy atom. The van der Waals surface area contributed by atoms with E-state index in [1.165, 1.54) is 4.90 Å². The fraction of sp³-hybridized carbons (Fsp3) is 0.818. The Kier molecular flexibility index (Phi) is 9.11. The van der Waals surface area contributed by atoms with Crippen molar-refractivity contribution in [2.24, 2.45) is 23.7 Å². The summed E-state index contributed by atoms with van der Waals surface area (Å²) in [4.78, 5) is 26.6. The van der Waals surface area contributed by atoms with Crippen LogP contribution in [-0.4, -0.2) is 76.1 Å². The van der Waals surface area contributed by atoms with Crippen LogP contribution in [0, 0.1) is 23.7 Å². The lowest BCUT2D eigenvalue weighted by Crippen LogP contribution is -2.34. The highest BCUT2D eigenvalue weighted by molar-refractivity contribution is 6.06. The first-order chi connectivity index (χ1) is 14.2. The summed E-state index contributed by atoms with van der Waals surface area (Å²) in [5.41, 5.74) is 0. The molecule has 0 aromatic carbocycles. The summed E-state index contributed by atoms with van der Waals surface area (Å²) in [5.74, 6) is 0.399. The lowest BCUT2D eigenvalue weighted by molar-refractivity contribution is -0.140. The molecule has 1 saturated heterocycles. The van der Waals surface area contributed by atoms with Gasteiger partial charge in [0.05, 0.1) is 51.5 Å². The summed E-state index contributed by atoms with van der Waals surface area (Å²) >= 11 is 0. The van der Waals surface area contributed by atoms with E-state index in [0.717, 1.165) is 25.9 Å². The van der Waals surface area contributed by atoms with E-state index in [2.05, 4.69) is 19.1 Å². The minimum absolute atomic E-state index is 0.0240. The molecule has 1 aliphatic heterocycles. The molecule has 7 nitrogen and oxygen atoms in total. The van der Waals surface area contributed by atoms with Crippen molar-refractivity contribution in [3.8, 4) is 0 Å². The molecule has 2 fully saturated rings. The predicted molar refractivity (Wildman–Crippen MR) is 107 cm³/mol. The Labute approximate surface area is 173 Å². The number of unbranched alkanes of at least 4 members (excludes halogenated alkanes) is 1. The Hall–Kier alpha value is -1.28. The summed E-state index contributed by atoms with van der Waals surface area (Å²) in [5, 5.41) is 0. The molecule has 0 spiro atoms. The Bertz CT molecular complexity index is 536. The summed E-state index contributed by atoms with van der Waals surface area (Å²) < 4.78 is 21.8. The molecule has 2 aliphatic carbocycles. The van der Waals surface area contributed by atoms with Gasteiger partial charge in [-0.25, -0.2) is 0 Å². The second-order valence-electron chi connectivity index (χ2n) is 7.98. The van der Waals surface area contributed by atoms with Crippen molar-refractivity contribution in [2.75, 3.05) is 59.4 Å². The number of nitrogens with zero attached hydrogens (tertiary/aromatic N) is 1. The first-order valence-corrected chi connectivity index (χ1v) is 11.1. The summed E-state index contributed by atoms with van der Waals surface area (Å²) in [6, 6.07) is 0. The van der Waals surface area contributed by atoms with Crippen LogP contribution in [-0.2, 0) is 28.5 Å². The minimum Gasteiger partial charge on any atom is -0.379 e. The highest BCUT2D eigenvalue weighted by Gasteiger charge is 2.58. The average molecular weight is 410 g/mol. The number of imide groups is 1. The molecule has 0 N–H and O–H groups in total. The molecule has 2 bridgehead atoms. The zero-order valence-electron chi connectivity index (χ0n) is 17.6. The molecular weight excluding hydrogens is 374 g/mol. The van der Waals surface area contributed by atoms with E-state index in [1.54, 1.807) is 0 Å². The van der Waals surface area contributed by atoms with Crippen LogP contribution in [0.3, 0.4) is 0 Å². The van der Waals surface area contributed by atoms with Crippen LogP contribution in [0.4, 0.5) is 0 Å². The first kappa shape index (κ1) is 22.4. The van der Waals surface area contributed by atoms with Gasteiger partial charge in [0.2, 0.25) is 11.8 Å². The van der Waals surface area contributed by atoms with Crippen LogP contribution >= 0.6 is 0 Å². The minimum atomic E-state index is -0.100. The van der Waals surface area contributed by atoms with Crippen LogP contribution in [0.5, 0.6) is 0 Å². The number of allylic oxidation sites excluding steroid dienone is 2. The molecule has 3 aliphatic rings. The van der Waals surface area contributed by atoms with E-state index >= 15 is 0 Å². The van der Waals surface area contributed by atoms with Crippen molar-refractivity contribution in [1.82, 2.24) is 4.90 Å². The molecule has 1 heterocycles. The second-order valence-corrected chi connectivity index (χ2v) is 7.98. The van der Waals surface area contributed by atoms with E-state index in [4.69, 9.17) is 18.9 Å². The van der Waals surface area contributed by atoms with Gasteiger partial charge in [0.1, 0.15) is 0 Å². The first-order valence-electron chi connectivity index (χ1n) is 11.1. The molecule has 0 aromatic heterocycles. The van der Waals surface area contributed by atoms with Gasteiger partial charge in [-0.1, -0.05) is 25.5 Å². The number of fused-ring (bicyclic) bond motifs is 5. The largest absolute Gasteiger partial charge is 0.379 e. The van der Waals surface area contributed by atoms with E-state index in [9.17, 15) is 9.59 Å². The topological polar surface area (TPSA) is 74.3 Å². The van der Waals surface area contributed by atoms with Crippen LogP contribution in [0.1, 0.15) is 32.6 Å². The smallest absolute Gasteiger partial charge is 0.233 e. The molecule has 0 aromatic rings. The van der Waals surface area contributed by atoms with Gasteiger partial charge in [-0.2, -0.15) is 0 Å². The molecule has 164 valence electrons. The molecule has 2 amide bonds. The number of hydrogen-bond donors (Lipinski definition) is 0. The number of carbonyl (C=O) groups excluding carboxylic acids is 2. The fourth-order valence-electron chi connectivity index (χ4n) is 4.52. The quantitative estimate of drug-likeness (QED) is 0.221. The van der Waals surface area contributed by atoms with E-state index in [0.29, 0.717) is 59.2 Å². The lowest BCUT2D eigenvalue weighted by Gasteiger charge is -2.17. The van der Waals surface area contributed by atoms with Crippen molar-refractivity contribution < 1.29 is 28.5 Å². The van der Waals surface area contributed by atoms with Gasteiger partial charge in [-0.3, -0.25) is 14.5 Å². The highest BCUT2D eigenvalue weighted by Crippen LogP contribution is 2.52. The second kappa shape index (κ2) is 11.8. The number of amides is 2. The molecule has 0 radical (unpaired) electrons. The zero-order valence-corrected chi connectivity index (χ0v) is 17.6. The van der Waals surface area contributed by atoms with Gasteiger partial charge in [0, 0.05) is 19.8 Å². The molecule has 29 heavy (non-hydrogen) atoms. The van der Waals surface area contributed by atoms with E-state index in [1.807, 2.05) is 0 Å². The van der Waals surface area contributed by atoms with Crippen LogP contribution < -0.4 is 0 Å². The number of carbonyl (C=O) groups is 2. The van der Waals surface area contributed by atoms with E-state index in [-0.39, 0.29) is 35.5 Å². The average Bonchev–Trinajstić information content (AvgIpc) is 3.40. The van der Waals surface area contributed by atoms with Crippen molar-refractivity contribution in [1.29, 1.82) is 0 Å². The normalized spacial score (nSPS) is 27.4. The maximum Gasteiger partial charge on any atom is 0.233 e. The van der Waals surface area contributed by atoms with Gasteiger partial charge in [0.25, 0.3) is 0 Å².